The van der Waals surface area contributed by atoms with Crippen LogP contribution in [0.5, 0.6) is 0 Å². The fourth-order valence-corrected chi connectivity index (χ4v) is 8.42. The molecule has 1 saturated heterocycles. The summed E-state index contributed by atoms with van der Waals surface area (Å²) in [5.41, 5.74) is 2.99. The Labute approximate surface area is 130 Å². The first-order chi connectivity index (χ1) is 9.87. The highest BCUT2D eigenvalue weighted by Crippen LogP contribution is 2.69. The van der Waals surface area contributed by atoms with Crippen LogP contribution in [-0.2, 0) is 16.4 Å². The topological polar surface area (TPSA) is 50.3 Å². The molecule has 4 rings (SSSR count). The summed E-state index contributed by atoms with van der Waals surface area (Å²) in [6.45, 7) is 5.19. The second-order valence-corrected chi connectivity index (χ2v) is 10.1. The van der Waals surface area contributed by atoms with Crippen LogP contribution in [-0.4, -0.2) is 36.0 Å². The Kier molecular flexibility index (Phi) is 2.90. The Morgan fingerprint density at radius 3 is 2.95 bits per heavy atom. The summed E-state index contributed by atoms with van der Waals surface area (Å²) in [5.74, 6) is 1.06. The molecular weight excluding hydrogens is 304 g/mol. The van der Waals surface area contributed by atoms with Crippen molar-refractivity contribution < 1.29 is 8.42 Å². The second kappa shape index (κ2) is 4.30. The third kappa shape index (κ3) is 1.75. The lowest BCUT2D eigenvalue weighted by Gasteiger charge is -2.37. The van der Waals surface area contributed by atoms with E-state index in [-0.39, 0.29) is 16.9 Å². The molecule has 2 saturated carbocycles. The molecule has 2 aliphatic carbocycles. The number of thiazole rings is 1. The van der Waals surface area contributed by atoms with Crippen molar-refractivity contribution in [2.75, 3.05) is 12.3 Å². The summed E-state index contributed by atoms with van der Waals surface area (Å²) in [6, 6.07) is 0.231. The predicted octanol–water partition coefficient (Wildman–Crippen LogP) is 2.53. The van der Waals surface area contributed by atoms with Gasteiger partial charge in [0.25, 0.3) is 0 Å². The minimum absolute atomic E-state index is 0.00141. The molecule has 1 spiro atoms. The molecule has 0 amide bonds. The minimum atomic E-state index is -3.11. The van der Waals surface area contributed by atoms with Gasteiger partial charge in [0, 0.05) is 29.8 Å². The maximum Gasteiger partial charge on any atom is 0.215 e. The molecule has 21 heavy (non-hydrogen) atoms. The molecule has 2 heterocycles. The van der Waals surface area contributed by atoms with Crippen LogP contribution < -0.4 is 0 Å². The molecule has 0 unspecified atom stereocenters. The maximum absolute atomic E-state index is 12.7. The molecule has 1 aromatic heterocycles. The smallest absolute Gasteiger partial charge is 0.215 e. The van der Waals surface area contributed by atoms with Gasteiger partial charge >= 0.3 is 0 Å². The molecule has 0 aromatic carbocycles. The summed E-state index contributed by atoms with van der Waals surface area (Å²) < 4.78 is 27.3. The van der Waals surface area contributed by atoms with E-state index in [1.807, 2.05) is 15.2 Å². The quantitative estimate of drug-likeness (QED) is 0.857. The molecule has 4 nitrogen and oxygen atoms in total. The molecule has 0 radical (unpaired) electrons. The van der Waals surface area contributed by atoms with Crippen molar-refractivity contribution in [1.82, 2.24) is 9.29 Å². The van der Waals surface area contributed by atoms with Gasteiger partial charge in [0.2, 0.25) is 10.0 Å². The zero-order valence-electron chi connectivity index (χ0n) is 12.6. The minimum Gasteiger partial charge on any atom is -0.250 e. The van der Waals surface area contributed by atoms with Crippen LogP contribution in [0.3, 0.4) is 0 Å². The molecule has 1 aliphatic heterocycles. The number of sulfonamides is 1. The van der Waals surface area contributed by atoms with Gasteiger partial charge in [-0.3, -0.25) is 0 Å². The molecule has 2 bridgehead atoms. The second-order valence-electron chi connectivity index (χ2n) is 7.46. The first kappa shape index (κ1) is 14.2. The number of hydrogen-bond donors (Lipinski definition) is 0. The largest absolute Gasteiger partial charge is 0.250 e. The van der Waals surface area contributed by atoms with Gasteiger partial charge in [0.05, 0.1) is 17.0 Å². The highest BCUT2D eigenvalue weighted by atomic mass is 32.2. The lowest BCUT2D eigenvalue weighted by molar-refractivity contribution is 0.114. The first-order valence-electron chi connectivity index (χ1n) is 7.73. The molecular formula is C15H22N2O2S2. The molecule has 116 valence electrons. The number of aromatic nitrogens is 1. The highest BCUT2D eigenvalue weighted by Gasteiger charge is 2.71. The van der Waals surface area contributed by atoms with E-state index in [0.29, 0.717) is 18.2 Å². The van der Waals surface area contributed by atoms with Gasteiger partial charge in [-0.1, -0.05) is 13.8 Å². The van der Waals surface area contributed by atoms with Crippen molar-refractivity contribution in [1.29, 1.82) is 0 Å². The zero-order chi connectivity index (χ0) is 14.9. The van der Waals surface area contributed by atoms with E-state index >= 15 is 0 Å². The van der Waals surface area contributed by atoms with Gasteiger partial charge < -0.3 is 0 Å². The average Bonchev–Trinajstić information content (AvgIpc) is 3.08. The van der Waals surface area contributed by atoms with Crippen molar-refractivity contribution in [3.63, 3.8) is 0 Å². The molecule has 6 heteroatoms. The summed E-state index contributed by atoms with van der Waals surface area (Å²) in [7, 11) is -3.11. The third-order valence-electron chi connectivity index (χ3n) is 6.61. The van der Waals surface area contributed by atoms with E-state index in [9.17, 15) is 8.42 Å². The van der Waals surface area contributed by atoms with Crippen molar-refractivity contribution in [2.45, 2.75) is 45.6 Å². The van der Waals surface area contributed by atoms with E-state index in [2.05, 4.69) is 18.8 Å². The highest BCUT2D eigenvalue weighted by molar-refractivity contribution is 7.89. The van der Waals surface area contributed by atoms with Crippen LogP contribution in [0.25, 0.3) is 0 Å². The predicted molar refractivity (Wildman–Crippen MR) is 83.7 cm³/mol. The van der Waals surface area contributed by atoms with Crippen LogP contribution in [0.15, 0.2) is 10.9 Å². The van der Waals surface area contributed by atoms with Crippen molar-refractivity contribution in [3.8, 4) is 0 Å². The van der Waals surface area contributed by atoms with E-state index in [4.69, 9.17) is 0 Å². The van der Waals surface area contributed by atoms with E-state index in [1.165, 1.54) is 6.42 Å². The summed E-state index contributed by atoms with van der Waals surface area (Å²) in [4.78, 5) is 4.28. The average molecular weight is 326 g/mol. The first-order valence-corrected chi connectivity index (χ1v) is 10.3. The number of nitrogens with zero attached hydrogens (tertiary/aromatic N) is 2. The van der Waals surface area contributed by atoms with Crippen LogP contribution in [0.1, 0.15) is 38.8 Å². The number of rotatable bonds is 3. The van der Waals surface area contributed by atoms with Crippen molar-refractivity contribution >= 4 is 21.4 Å². The van der Waals surface area contributed by atoms with Gasteiger partial charge in [-0.2, -0.15) is 4.31 Å². The van der Waals surface area contributed by atoms with E-state index < -0.39 is 10.0 Å². The SMILES string of the molecule is CC1(C)[C@@H]2CC[C@]13CS(=O)(=O)N(CCc1cscn1)[C@@H]3C2. The van der Waals surface area contributed by atoms with E-state index in [0.717, 1.165) is 25.0 Å². The monoisotopic (exact) mass is 326 g/mol. The van der Waals surface area contributed by atoms with Crippen molar-refractivity contribution in [3.05, 3.63) is 16.6 Å². The Morgan fingerprint density at radius 2 is 2.29 bits per heavy atom. The fraction of sp³-hybridized carbons (Fsp3) is 0.800. The van der Waals surface area contributed by atoms with Gasteiger partial charge in [0.15, 0.2) is 0 Å². The Balaban J connectivity index is 1.63. The third-order valence-corrected chi connectivity index (χ3v) is 9.27. The lowest BCUT2D eigenvalue weighted by Crippen LogP contribution is -2.42. The van der Waals surface area contributed by atoms with Gasteiger partial charge in [-0.15, -0.1) is 11.3 Å². The molecule has 3 aliphatic rings. The normalized spacial score (nSPS) is 39.7. The summed E-state index contributed by atoms with van der Waals surface area (Å²) >= 11 is 1.57. The van der Waals surface area contributed by atoms with Gasteiger partial charge in [-0.25, -0.2) is 13.4 Å². The van der Waals surface area contributed by atoms with Gasteiger partial charge in [-0.05, 0) is 30.6 Å². The standard InChI is InChI=1S/C15H22N2O2S2/c1-14(2)11-3-5-15(14)9-21(18,19)17(13(15)7-11)6-4-12-8-20-10-16-12/h8,10-11,13H,3-7,9H2,1-2H3/t11-,13-,15-/m1/s1. The van der Waals surface area contributed by atoms with Crippen LogP contribution in [0.4, 0.5) is 0 Å². The van der Waals surface area contributed by atoms with E-state index in [1.54, 1.807) is 11.3 Å². The molecule has 3 atom stereocenters. The molecule has 1 aromatic rings. The zero-order valence-corrected chi connectivity index (χ0v) is 14.2. The molecule has 0 N–H and O–H groups in total. The van der Waals surface area contributed by atoms with Crippen LogP contribution in [0.2, 0.25) is 0 Å². The lowest BCUT2D eigenvalue weighted by atomic mass is 9.69. The number of hydrogen-bond acceptors (Lipinski definition) is 4. The maximum atomic E-state index is 12.7. The Bertz CT molecular complexity index is 653. The Morgan fingerprint density at radius 1 is 1.48 bits per heavy atom. The summed E-state index contributed by atoms with van der Waals surface area (Å²) in [5, 5.41) is 2.02. The van der Waals surface area contributed by atoms with Gasteiger partial charge in [0.1, 0.15) is 0 Å². The Hall–Kier alpha value is -0.460. The summed E-state index contributed by atoms with van der Waals surface area (Å²) in [6.07, 6.45) is 4.09. The fourth-order valence-electron chi connectivity index (χ4n) is 5.26. The van der Waals surface area contributed by atoms with Crippen LogP contribution >= 0.6 is 11.3 Å². The number of fused-ring (bicyclic) bond motifs is 1. The molecule has 3 fully saturated rings. The van der Waals surface area contributed by atoms with Crippen LogP contribution in [0, 0.1) is 16.7 Å². The van der Waals surface area contributed by atoms with Crippen molar-refractivity contribution in [2.24, 2.45) is 16.7 Å².